The molecule has 2 heterocycles. The van der Waals surface area contributed by atoms with Gasteiger partial charge in [0.2, 0.25) is 12.2 Å². The van der Waals surface area contributed by atoms with Gasteiger partial charge in [0.15, 0.2) is 5.75 Å². The molecule has 0 fully saturated rings. The predicted octanol–water partition coefficient (Wildman–Crippen LogP) is 1.16. The van der Waals surface area contributed by atoms with Crippen LogP contribution in [0.5, 0.6) is 11.5 Å². The number of fused-ring (bicyclic) bond motifs is 2. The number of ether oxygens (including phenoxy) is 2. The zero-order valence-corrected chi connectivity index (χ0v) is 13.0. The molecule has 1 atom stereocenters. The second-order valence-electron chi connectivity index (χ2n) is 5.08. The lowest BCUT2D eigenvalue weighted by Gasteiger charge is -2.25. The van der Waals surface area contributed by atoms with E-state index in [-0.39, 0.29) is 35.3 Å². The van der Waals surface area contributed by atoms with Crippen LogP contribution in [0.2, 0.25) is 5.02 Å². The number of rotatable bonds is 5. The Labute approximate surface area is 141 Å². The van der Waals surface area contributed by atoms with Crippen LogP contribution in [-0.2, 0) is 9.59 Å². The number of aliphatic hydroxyl groups is 1. The number of carboxylic acids is 1. The number of carboxylic acid groups (broad SMARTS) is 1. The van der Waals surface area contributed by atoms with Crippen molar-refractivity contribution in [3.8, 4) is 11.5 Å². The molecular formula is C15H13ClN2O6. The third kappa shape index (κ3) is 3.19. The highest BCUT2D eigenvalue weighted by atomic mass is 35.5. The van der Waals surface area contributed by atoms with Gasteiger partial charge in [-0.25, -0.2) is 0 Å². The number of aliphatic imine (C=N–C) groups is 1. The number of nitrogens with one attached hydrogen (secondary N) is 1. The van der Waals surface area contributed by atoms with Crippen molar-refractivity contribution in [3.05, 3.63) is 28.3 Å². The quantitative estimate of drug-likeness (QED) is 0.684. The van der Waals surface area contributed by atoms with Crippen molar-refractivity contribution in [2.45, 2.75) is 19.2 Å². The number of carbonyl (C=O) groups excluding carboxylic acids is 1. The van der Waals surface area contributed by atoms with Gasteiger partial charge >= 0.3 is 5.97 Å². The number of hydrogen-bond acceptors (Lipinski definition) is 6. The Kier molecular flexibility index (Phi) is 4.41. The maximum Gasteiger partial charge on any atom is 0.303 e. The van der Waals surface area contributed by atoms with Crippen LogP contribution in [0.4, 0.5) is 0 Å². The lowest BCUT2D eigenvalue weighted by Crippen LogP contribution is -2.43. The van der Waals surface area contributed by atoms with E-state index in [1.165, 1.54) is 0 Å². The molecule has 24 heavy (non-hydrogen) atoms. The molecule has 2 aliphatic rings. The lowest BCUT2D eigenvalue weighted by molar-refractivity contribution is -0.137. The molecule has 0 aromatic heterocycles. The molecule has 2 aliphatic heterocycles. The number of nitrogens with zero attached hydrogens (tertiary/aromatic N) is 1. The molecule has 0 aliphatic carbocycles. The monoisotopic (exact) mass is 352 g/mol. The SMILES string of the molecule is O=C(O)CCCOc1ccc2c(c1Cl)OC1=NC(O)NC(=O)C1=C2. The third-order valence-corrected chi connectivity index (χ3v) is 3.72. The van der Waals surface area contributed by atoms with Gasteiger partial charge in [0.25, 0.3) is 5.91 Å². The van der Waals surface area contributed by atoms with E-state index in [4.69, 9.17) is 26.2 Å². The summed E-state index contributed by atoms with van der Waals surface area (Å²) in [6, 6.07) is 3.27. The summed E-state index contributed by atoms with van der Waals surface area (Å²) in [7, 11) is 0. The molecule has 0 spiro atoms. The van der Waals surface area contributed by atoms with Crippen molar-refractivity contribution < 1.29 is 29.3 Å². The summed E-state index contributed by atoms with van der Waals surface area (Å²) in [4.78, 5) is 26.1. The normalized spacial score (nSPS) is 18.4. The highest BCUT2D eigenvalue weighted by Crippen LogP contribution is 2.41. The van der Waals surface area contributed by atoms with Crippen LogP contribution >= 0.6 is 11.6 Å². The molecule has 0 bridgehead atoms. The van der Waals surface area contributed by atoms with E-state index >= 15 is 0 Å². The first-order valence-corrected chi connectivity index (χ1v) is 7.47. The van der Waals surface area contributed by atoms with Crippen molar-refractivity contribution in [1.29, 1.82) is 0 Å². The molecule has 9 heteroatoms. The van der Waals surface area contributed by atoms with Crippen LogP contribution in [0.1, 0.15) is 18.4 Å². The summed E-state index contributed by atoms with van der Waals surface area (Å²) < 4.78 is 11.0. The molecule has 1 amide bonds. The Bertz CT molecular complexity index is 773. The van der Waals surface area contributed by atoms with Crippen LogP contribution in [0, 0.1) is 0 Å². The molecule has 3 N–H and O–H groups in total. The number of aliphatic hydroxyl groups excluding tert-OH is 1. The van der Waals surface area contributed by atoms with Crippen LogP contribution in [-0.4, -0.2) is 40.9 Å². The minimum atomic E-state index is -1.37. The van der Waals surface area contributed by atoms with Crippen molar-refractivity contribution >= 4 is 35.5 Å². The number of carbonyl (C=O) groups is 2. The first-order chi connectivity index (χ1) is 11.5. The summed E-state index contributed by atoms with van der Waals surface area (Å²) in [6.45, 7) is 0.188. The van der Waals surface area contributed by atoms with E-state index < -0.39 is 18.2 Å². The van der Waals surface area contributed by atoms with E-state index in [2.05, 4.69) is 10.3 Å². The Morgan fingerprint density at radius 3 is 3.00 bits per heavy atom. The highest BCUT2D eigenvalue weighted by Gasteiger charge is 2.31. The zero-order chi connectivity index (χ0) is 17.3. The van der Waals surface area contributed by atoms with E-state index in [1.54, 1.807) is 18.2 Å². The third-order valence-electron chi connectivity index (χ3n) is 3.36. The number of amides is 1. The Hall–Kier alpha value is -2.58. The van der Waals surface area contributed by atoms with E-state index in [9.17, 15) is 14.7 Å². The molecule has 1 aromatic carbocycles. The maximum absolute atomic E-state index is 11.8. The van der Waals surface area contributed by atoms with E-state index in [1.807, 2.05) is 0 Å². The van der Waals surface area contributed by atoms with E-state index in [0.717, 1.165) is 0 Å². The lowest BCUT2D eigenvalue weighted by atomic mass is 10.0. The topological polar surface area (TPSA) is 117 Å². The number of hydrogen-bond donors (Lipinski definition) is 3. The average Bonchev–Trinajstić information content (AvgIpc) is 2.52. The molecule has 0 saturated carbocycles. The zero-order valence-electron chi connectivity index (χ0n) is 12.3. The Morgan fingerprint density at radius 2 is 2.25 bits per heavy atom. The van der Waals surface area contributed by atoms with Crippen molar-refractivity contribution in [2.24, 2.45) is 4.99 Å². The van der Waals surface area contributed by atoms with Gasteiger partial charge in [-0.2, -0.15) is 4.99 Å². The van der Waals surface area contributed by atoms with Gasteiger partial charge in [-0.05, 0) is 24.6 Å². The number of aliphatic carboxylic acids is 1. The van der Waals surface area contributed by atoms with Gasteiger partial charge in [0.1, 0.15) is 16.3 Å². The summed E-state index contributed by atoms with van der Waals surface area (Å²) in [6.07, 6.45) is 0.515. The van der Waals surface area contributed by atoms with Crippen LogP contribution < -0.4 is 14.8 Å². The summed E-state index contributed by atoms with van der Waals surface area (Å²) in [5.41, 5.74) is 0.761. The van der Waals surface area contributed by atoms with Gasteiger partial charge in [-0.3, -0.25) is 9.59 Å². The standard InChI is InChI=1S/C15H13ClN2O6/c16-11-9(23-5-1-2-10(19)20)4-3-7-6-8-13(21)17-15(22)18-14(8)24-12(7)11/h3-4,6,15,22H,1-2,5H2,(H,17,21)(H,19,20). The van der Waals surface area contributed by atoms with Crippen LogP contribution in [0.25, 0.3) is 6.08 Å². The first kappa shape index (κ1) is 16.3. The first-order valence-electron chi connectivity index (χ1n) is 7.09. The molecule has 1 unspecified atom stereocenters. The summed E-state index contributed by atoms with van der Waals surface area (Å²) in [5, 5.41) is 20.5. The summed E-state index contributed by atoms with van der Waals surface area (Å²) >= 11 is 6.26. The fraction of sp³-hybridized carbons (Fsp3) is 0.267. The largest absolute Gasteiger partial charge is 0.492 e. The molecular weight excluding hydrogens is 340 g/mol. The summed E-state index contributed by atoms with van der Waals surface area (Å²) in [5.74, 6) is -0.828. The van der Waals surface area contributed by atoms with Gasteiger partial charge in [-0.15, -0.1) is 0 Å². The molecule has 126 valence electrons. The van der Waals surface area contributed by atoms with Gasteiger partial charge in [0.05, 0.1) is 6.61 Å². The fourth-order valence-electron chi connectivity index (χ4n) is 2.25. The van der Waals surface area contributed by atoms with Crippen molar-refractivity contribution in [2.75, 3.05) is 6.61 Å². The second-order valence-corrected chi connectivity index (χ2v) is 5.46. The predicted molar refractivity (Wildman–Crippen MR) is 84.0 cm³/mol. The Morgan fingerprint density at radius 1 is 1.46 bits per heavy atom. The minimum Gasteiger partial charge on any atom is -0.492 e. The maximum atomic E-state index is 11.8. The van der Waals surface area contributed by atoms with Gasteiger partial charge in [-0.1, -0.05) is 11.6 Å². The second kappa shape index (κ2) is 6.50. The van der Waals surface area contributed by atoms with Gasteiger partial charge in [0, 0.05) is 12.0 Å². The van der Waals surface area contributed by atoms with Gasteiger partial charge < -0.3 is 25.0 Å². The number of halogens is 1. The fourth-order valence-corrected chi connectivity index (χ4v) is 2.52. The van der Waals surface area contributed by atoms with E-state index in [0.29, 0.717) is 17.7 Å². The smallest absolute Gasteiger partial charge is 0.303 e. The average molecular weight is 353 g/mol. The Balaban J connectivity index is 1.83. The minimum absolute atomic E-state index is 0.00500. The van der Waals surface area contributed by atoms with Crippen molar-refractivity contribution in [3.63, 3.8) is 0 Å². The number of benzene rings is 1. The van der Waals surface area contributed by atoms with Crippen LogP contribution in [0.3, 0.4) is 0 Å². The molecule has 0 radical (unpaired) electrons. The molecule has 8 nitrogen and oxygen atoms in total. The van der Waals surface area contributed by atoms with Crippen molar-refractivity contribution in [1.82, 2.24) is 5.32 Å². The molecule has 1 aromatic rings. The molecule has 3 rings (SSSR count). The highest BCUT2D eigenvalue weighted by molar-refractivity contribution is 6.35. The molecule has 0 saturated heterocycles. The van der Waals surface area contributed by atoms with Crippen LogP contribution in [0.15, 0.2) is 22.7 Å².